The van der Waals surface area contributed by atoms with E-state index in [1.165, 1.54) is 32.0 Å². The Labute approximate surface area is 127 Å². The van der Waals surface area contributed by atoms with Gasteiger partial charge in [0.1, 0.15) is 12.4 Å². The Bertz CT molecular complexity index is 557. The van der Waals surface area contributed by atoms with Gasteiger partial charge in [-0.3, -0.25) is 14.4 Å². The van der Waals surface area contributed by atoms with E-state index in [1.807, 2.05) is 0 Å². The first-order chi connectivity index (χ1) is 10.3. The highest BCUT2D eigenvalue weighted by atomic mass is 19.1. The van der Waals surface area contributed by atoms with Crippen LogP contribution in [0.25, 0.3) is 0 Å². The molecule has 6 nitrogen and oxygen atoms in total. The minimum Gasteiger partial charge on any atom is -0.462 e. The molecule has 0 aromatic heterocycles. The predicted molar refractivity (Wildman–Crippen MR) is 73.1 cm³/mol. The van der Waals surface area contributed by atoms with E-state index in [2.05, 4.69) is 0 Å². The molecule has 0 aliphatic carbocycles. The van der Waals surface area contributed by atoms with Crippen LogP contribution in [0.15, 0.2) is 24.3 Å². The number of rotatable bonds is 6. The molecule has 0 saturated carbocycles. The molecule has 120 valence electrons. The maximum absolute atomic E-state index is 13.4. The van der Waals surface area contributed by atoms with Crippen LogP contribution in [0.3, 0.4) is 0 Å². The lowest BCUT2D eigenvalue weighted by molar-refractivity contribution is -0.173. The van der Waals surface area contributed by atoms with Crippen LogP contribution in [0.4, 0.5) is 4.39 Å². The average Bonchev–Trinajstić information content (AvgIpc) is 2.40. The molecule has 0 saturated heterocycles. The number of ether oxygens (including phenoxy) is 3. The molecule has 0 unspecified atom stereocenters. The van der Waals surface area contributed by atoms with Gasteiger partial charge in [-0.25, -0.2) is 4.39 Å². The molecule has 0 amide bonds. The van der Waals surface area contributed by atoms with Gasteiger partial charge in [-0.1, -0.05) is 12.1 Å². The summed E-state index contributed by atoms with van der Waals surface area (Å²) in [4.78, 5) is 33.4. The van der Waals surface area contributed by atoms with Gasteiger partial charge < -0.3 is 14.2 Å². The Hall–Kier alpha value is -2.44. The van der Waals surface area contributed by atoms with Crippen molar-refractivity contribution in [3.63, 3.8) is 0 Å². The van der Waals surface area contributed by atoms with E-state index in [1.54, 1.807) is 0 Å². The maximum atomic E-state index is 13.4. The fraction of sp³-hybridized carbons (Fsp3) is 0.400. The van der Waals surface area contributed by atoms with E-state index in [4.69, 9.17) is 14.2 Å². The van der Waals surface area contributed by atoms with Crippen LogP contribution < -0.4 is 0 Å². The van der Waals surface area contributed by atoms with Crippen LogP contribution >= 0.6 is 0 Å². The first-order valence-corrected chi connectivity index (χ1v) is 6.53. The lowest BCUT2D eigenvalue weighted by Gasteiger charge is -2.26. The van der Waals surface area contributed by atoms with Crippen molar-refractivity contribution in [3.05, 3.63) is 35.6 Å². The topological polar surface area (TPSA) is 78.9 Å². The van der Waals surface area contributed by atoms with E-state index < -0.39 is 35.9 Å². The number of halogens is 1. The van der Waals surface area contributed by atoms with Crippen molar-refractivity contribution in [2.75, 3.05) is 6.61 Å². The molecule has 0 bridgehead atoms. The van der Waals surface area contributed by atoms with Gasteiger partial charge in [0, 0.05) is 20.8 Å². The number of esters is 3. The standard InChI is InChI=1S/C15H17FO6/c1-9(17)20-8-14(21-10(2)18)15(22-11(3)19)12-5-4-6-13(16)7-12/h4-7,14-15H,8H2,1-3H3/t14-,15-/m0/s1. The van der Waals surface area contributed by atoms with Crippen LogP contribution in [-0.4, -0.2) is 30.6 Å². The maximum Gasteiger partial charge on any atom is 0.303 e. The van der Waals surface area contributed by atoms with E-state index in [0.717, 1.165) is 13.0 Å². The summed E-state index contributed by atoms with van der Waals surface area (Å²) in [7, 11) is 0. The summed E-state index contributed by atoms with van der Waals surface area (Å²) in [5.74, 6) is -2.42. The minimum atomic E-state index is -1.09. The number of hydrogen-bond donors (Lipinski definition) is 0. The third kappa shape index (κ3) is 5.90. The number of benzene rings is 1. The molecule has 0 fully saturated rings. The van der Waals surface area contributed by atoms with Gasteiger partial charge in [0.05, 0.1) is 0 Å². The SMILES string of the molecule is CC(=O)OC[C@H](OC(C)=O)[C@@H](OC(C)=O)c1cccc(F)c1. The average molecular weight is 312 g/mol. The van der Waals surface area contributed by atoms with Crippen molar-refractivity contribution in [1.82, 2.24) is 0 Å². The predicted octanol–water partition coefficient (Wildman–Crippen LogP) is 1.92. The smallest absolute Gasteiger partial charge is 0.303 e. The van der Waals surface area contributed by atoms with E-state index in [9.17, 15) is 18.8 Å². The second-order valence-corrected chi connectivity index (χ2v) is 4.54. The zero-order valence-electron chi connectivity index (χ0n) is 12.5. The third-order valence-electron chi connectivity index (χ3n) is 2.58. The summed E-state index contributed by atoms with van der Waals surface area (Å²) in [5.41, 5.74) is 0.286. The molecule has 0 aliphatic heterocycles. The quantitative estimate of drug-likeness (QED) is 0.590. The first-order valence-electron chi connectivity index (χ1n) is 6.53. The molecular formula is C15H17FO6. The summed E-state index contributed by atoms with van der Waals surface area (Å²) < 4.78 is 28.3. The largest absolute Gasteiger partial charge is 0.462 e. The van der Waals surface area contributed by atoms with Crippen molar-refractivity contribution < 1.29 is 33.0 Å². The molecule has 0 N–H and O–H groups in total. The Morgan fingerprint density at radius 1 is 1.05 bits per heavy atom. The first kappa shape index (κ1) is 17.6. The van der Waals surface area contributed by atoms with Gasteiger partial charge in [-0.05, 0) is 17.7 Å². The zero-order valence-corrected chi connectivity index (χ0v) is 12.5. The zero-order chi connectivity index (χ0) is 16.7. The van der Waals surface area contributed by atoms with Gasteiger partial charge >= 0.3 is 17.9 Å². The van der Waals surface area contributed by atoms with Crippen molar-refractivity contribution in [3.8, 4) is 0 Å². The Morgan fingerprint density at radius 2 is 1.68 bits per heavy atom. The molecule has 1 aromatic carbocycles. The highest BCUT2D eigenvalue weighted by Gasteiger charge is 2.30. The molecule has 1 rings (SSSR count). The number of carbonyl (C=O) groups excluding carboxylic acids is 3. The van der Waals surface area contributed by atoms with Gasteiger partial charge in [-0.2, -0.15) is 0 Å². The minimum absolute atomic E-state index is 0.286. The van der Waals surface area contributed by atoms with Crippen LogP contribution in [0.1, 0.15) is 32.4 Å². The molecule has 0 heterocycles. The summed E-state index contributed by atoms with van der Waals surface area (Å²) >= 11 is 0. The Balaban J connectivity index is 3.09. The Morgan fingerprint density at radius 3 is 2.18 bits per heavy atom. The van der Waals surface area contributed by atoms with Crippen LogP contribution in [0, 0.1) is 5.82 Å². The molecule has 22 heavy (non-hydrogen) atoms. The lowest BCUT2D eigenvalue weighted by atomic mass is 10.0. The normalized spacial score (nSPS) is 12.9. The molecule has 1 aromatic rings. The molecule has 0 radical (unpaired) electrons. The van der Waals surface area contributed by atoms with E-state index >= 15 is 0 Å². The van der Waals surface area contributed by atoms with Crippen LogP contribution in [-0.2, 0) is 28.6 Å². The highest BCUT2D eigenvalue weighted by Crippen LogP contribution is 2.25. The molecule has 2 atom stereocenters. The van der Waals surface area contributed by atoms with E-state index in [0.29, 0.717) is 0 Å². The monoisotopic (exact) mass is 312 g/mol. The second kappa shape index (κ2) is 8.11. The van der Waals surface area contributed by atoms with E-state index in [-0.39, 0.29) is 12.2 Å². The number of carbonyl (C=O) groups is 3. The van der Waals surface area contributed by atoms with Crippen LogP contribution in [0.5, 0.6) is 0 Å². The number of hydrogen-bond acceptors (Lipinski definition) is 6. The summed E-state index contributed by atoms with van der Waals surface area (Å²) in [5, 5.41) is 0. The Kier molecular flexibility index (Phi) is 6.49. The fourth-order valence-corrected chi connectivity index (χ4v) is 1.82. The molecule has 7 heteroatoms. The third-order valence-corrected chi connectivity index (χ3v) is 2.58. The fourth-order valence-electron chi connectivity index (χ4n) is 1.82. The summed E-state index contributed by atoms with van der Waals surface area (Å²) in [6, 6.07) is 5.32. The van der Waals surface area contributed by atoms with Crippen LogP contribution in [0.2, 0.25) is 0 Å². The van der Waals surface area contributed by atoms with Gasteiger partial charge in [-0.15, -0.1) is 0 Å². The van der Waals surface area contributed by atoms with Gasteiger partial charge in [0.2, 0.25) is 0 Å². The van der Waals surface area contributed by atoms with Gasteiger partial charge in [0.25, 0.3) is 0 Å². The van der Waals surface area contributed by atoms with Crippen molar-refractivity contribution in [2.24, 2.45) is 0 Å². The summed E-state index contributed by atoms with van der Waals surface area (Å²) in [6.07, 6.45) is -2.16. The second-order valence-electron chi connectivity index (χ2n) is 4.54. The molecule has 0 spiro atoms. The van der Waals surface area contributed by atoms with Crippen molar-refractivity contribution in [1.29, 1.82) is 0 Å². The molecular weight excluding hydrogens is 295 g/mol. The molecule has 0 aliphatic rings. The summed E-state index contributed by atoms with van der Waals surface area (Å²) in [6.45, 7) is 3.21. The van der Waals surface area contributed by atoms with Crippen molar-refractivity contribution >= 4 is 17.9 Å². The lowest BCUT2D eigenvalue weighted by Crippen LogP contribution is -2.32. The van der Waals surface area contributed by atoms with Gasteiger partial charge in [0.15, 0.2) is 12.2 Å². The van der Waals surface area contributed by atoms with Crippen molar-refractivity contribution in [2.45, 2.75) is 33.0 Å². The highest BCUT2D eigenvalue weighted by molar-refractivity contribution is 5.68.